The molecule has 0 aromatic heterocycles. The van der Waals surface area contributed by atoms with E-state index in [0.717, 1.165) is 35.6 Å². The summed E-state index contributed by atoms with van der Waals surface area (Å²) in [4.78, 5) is 29.3. The van der Waals surface area contributed by atoms with E-state index in [-0.39, 0.29) is 23.4 Å². The normalized spacial score (nSPS) is 14.3. The van der Waals surface area contributed by atoms with Gasteiger partial charge in [0, 0.05) is 28.2 Å². The monoisotopic (exact) mass is 645 g/mol. The molecular weight excluding hydrogens is 609 g/mol. The summed E-state index contributed by atoms with van der Waals surface area (Å²) in [5, 5.41) is 3.79. The fourth-order valence-electron chi connectivity index (χ4n) is 5.26. The van der Waals surface area contributed by atoms with Crippen molar-refractivity contribution in [2.24, 2.45) is 0 Å². The van der Waals surface area contributed by atoms with E-state index >= 15 is 0 Å². The van der Waals surface area contributed by atoms with Gasteiger partial charge in [-0.25, -0.2) is 8.42 Å². The lowest BCUT2D eigenvalue weighted by Gasteiger charge is -2.34. The van der Waals surface area contributed by atoms with Crippen molar-refractivity contribution < 1.29 is 22.7 Å². The van der Waals surface area contributed by atoms with Crippen LogP contribution < -0.4 is 14.4 Å². The highest BCUT2D eigenvalue weighted by atomic mass is 35.5. The number of ether oxygens (including phenoxy) is 1. The summed E-state index contributed by atoms with van der Waals surface area (Å²) in [5.41, 5.74) is 1.72. The Kier molecular flexibility index (Phi) is 11.0. The average molecular weight is 647 g/mol. The van der Waals surface area contributed by atoms with Crippen LogP contribution in [-0.2, 0) is 26.2 Å². The van der Waals surface area contributed by atoms with Crippen molar-refractivity contribution in [1.82, 2.24) is 10.2 Å². The Morgan fingerprint density at radius 2 is 1.58 bits per heavy atom. The fraction of sp³-hybridized carbons (Fsp3) is 0.375. The number of hydrogen-bond acceptors (Lipinski definition) is 5. The Hall–Kier alpha value is -3.27. The number of anilines is 1. The lowest BCUT2D eigenvalue weighted by molar-refractivity contribution is -0.140. The van der Waals surface area contributed by atoms with E-state index in [2.05, 4.69) is 5.32 Å². The highest BCUT2D eigenvalue weighted by Gasteiger charge is 2.35. The summed E-state index contributed by atoms with van der Waals surface area (Å²) >= 11 is 13.0. The van der Waals surface area contributed by atoms with Gasteiger partial charge in [-0.15, -0.1) is 0 Å². The molecule has 0 bridgehead atoms. The number of amides is 2. The number of rotatable bonds is 12. The van der Waals surface area contributed by atoms with Gasteiger partial charge in [0.15, 0.2) is 0 Å². The molecule has 230 valence electrons. The van der Waals surface area contributed by atoms with Gasteiger partial charge < -0.3 is 15.0 Å². The molecule has 4 rings (SSSR count). The molecule has 2 amide bonds. The van der Waals surface area contributed by atoms with Gasteiger partial charge in [0.05, 0.1) is 17.7 Å². The molecule has 11 heteroatoms. The predicted octanol–water partition coefficient (Wildman–Crippen LogP) is 6.37. The number of carbonyl (C=O) groups excluding carboxylic acids is 2. The highest BCUT2D eigenvalue weighted by molar-refractivity contribution is 7.92. The van der Waals surface area contributed by atoms with Gasteiger partial charge in [-0.3, -0.25) is 13.9 Å². The molecule has 1 aliphatic carbocycles. The van der Waals surface area contributed by atoms with E-state index < -0.39 is 28.5 Å². The summed E-state index contributed by atoms with van der Waals surface area (Å²) < 4.78 is 34.3. The maximum atomic E-state index is 14.3. The number of benzene rings is 3. The molecule has 0 spiro atoms. The summed E-state index contributed by atoms with van der Waals surface area (Å²) in [6, 6.07) is 17.0. The Morgan fingerprint density at radius 3 is 2.14 bits per heavy atom. The first-order chi connectivity index (χ1) is 20.5. The van der Waals surface area contributed by atoms with Gasteiger partial charge in [-0.1, -0.05) is 66.7 Å². The summed E-state index contributed by atoms with van der Waals surface area (Å²) in [6.45, 7) is 3.09. The van der Waals surface area contributed by atoms with Gasteiger partial charge in [0.1, 0.15) is 18.3 Å². The number of carbonyl (C=O) groups is 2. The van der Waals surface area contributed by atoms with E-state index in [9.17, 15) is 18.0 Å². The zero-order valence-corrected chi connectivity index (χ0v) is 26.9. The van der Waals surface area contributed by atoms with Crippen molar-refractivity contribution >= 4 is 50.7 Å². The third-order valence-corrected chi connectivity index (χ3v) is 10.2. The Bertz CT molecular complexity index is 1510. The minimum absolute atomic E-state index is 0.00612. The number of methoxy groups -OCH3 is 1. The minimum Gasteiger partial charge on any atom is -0.497 e. The predicted molar refractivity (Wildman–Crippen MR) is 170 cm³/mol. The van der Waals surface area contributed by atoms with Crippen LogP contribution in [0, 0.1) is 6.92 Å². The van der Waals surface area contributed by atoms with Crippen molar-refractivity contribution in [2.45, 2.75) is 69.5 Å². The molecule has 3 aromatic carbocycles. The van der Waals surface area contributed by atoms with Gasteiger partial charge in [-0.2, -0.15) is 0 Å². The quantitative estimate of drug-likeness (QED) is 0.247. The van der Waals surface area contributed by atoms with Gasteiger partial charge in [0.25, 0.3) is 10.0 Å². The maximum Gasteiger partial charge on any atom is 0.264 e. The first-order valence-corrected chi connectivity index (χ1v) is 16.5. The summed E-state index contributed by atoms with van der Waals surface area (Å²) in [7, 11) is -2.71. The molecule has 0 heterocycles. The molecule has 1 aliphatic rings. The van der Waals surface area contributed by atoms with Crippen molar-refractivity contribution in [3.05, 3.63) is 87.9 Å². The van der Waals surface area contributed by atoms with Crippen LogP contribution in [-0.4, -0.2) is 50.9 Å². The topological polar surface area (TPSA) is 96.0 Å². The second-order valence-corrected chi connectivity index (χ2v) is 13.3. The smallest absolute Gasteiger partial charge is 0.264 e. The Labute approximate surface area is 264 Å². The van der Waals surface area contributed by atoms with E-state index in [0.29, 0.717) is 33.5 Å². The average Bonchev–Trinajstić information content (AvgIpc) is 3.50. The van der Waals surface area contributed by atoms with Crippen molar-refractivity contribution in [1.29, 1.82) is 0 Å². The Morgan fingerprint density at radius 1 is 0.977 bits per heavy atom. The first-order valence-electron chi connectivity index (χ1n) is 14.3. The molecule has 8 nitrogen and oxygen atoms in total. The summed E-state index contributed by atoms with van der Waals surface area (Å²) in [6.07, 6.45) is 4.15. The van der Waals surface area contributed by atoms with Crippen LogP contribution in [0.4, 0.5) is 5.69 Å². The largest absolute Gasteiger partial charge is 0.497 e. The van der Waals surface area contributed by atoms with E-state index in [1.165, 1.54) is 24.1 Å². The lowest BCUT2D eigenvalue weighted by atomic mass is 10.1. The Balaban J connectivity index is 1.74. The van der Waals surface area contributed by atoms with E-state index in [4.69, 9.17) is 27.9 Å². The zero-order chi connectivity index (χ0) is 31.1. The van der Waals surface area contributed by atoms with Crippen molar-refractivity contribution in [2.75, 3.05) is 18.0 Å². The molecule has 0 saturated heterocycles. The van der Waals surface area contributed by atoms with Crippen LogP contribution in [0.2, 0.25) is 10.0 Å². The van der Waals surface area contributed by atoms with Crippen molar-refractivity contribution in [3.63, 3.8) is 0 Å². The number of hydrogen-bond donors (Lipinski definition) is 1. The lowest BCUT2D eigenvalue weighted by Crippen LogP contribution is -2.53. The van der Waals surface area contributed by atoms with Gasteiger partial charge >= 0.3 is 0 Å². The molecular formula is C32H37Cl2N3O5S. The highest BCUT2D eigenvalue weighted by Crippen LogP contribution is 2.29. The van der Waals surface area contributed by atoms with Crippen LogP contribution in [0.5, 0.6) is 5.75 Å². The number of aryl methyl sites for hydroxylation is 1. The second-order valence-electron chi connectivity index (χ2n) is 10.7. The molecule has 0 aliphatic heterocycles. The first kappa shape index (κ1) is 32.6. The molecule has 1 atom stereocenters. The molecule has 0 radical (unpaired) electrons. The third kappa shape index (κ3) is 7.82. The molecule has 1 fully saturated rings. The minimum atomic E-state index is -4.20. The fourth-order valence-corrected chi connectivity index (χ4v) is 7.19. The molecule has 43 heavy (non-hydrogen) atoms. The molecule has 1 saturated carbocycles. The zero-order valence-electron chi connectivity index (χ0n) is 24.6. The van der Waals surface area contributed by atoms with Gasteiger partial charge in [-0.05, 0) is 74.7 Å². The number of halogens is 2. The van der Waals surface area contributed by atoms with Crippen LogP contribution in [0.25, 0.3) is 0 Å². The number of sulfonamides is 1. The maximum absolute atomic E-state index is 14.3. The van der Waals surface area contributed by atoms with Crippen LogP contribution in [0.3, 0.4) is 0 Å². The van der Waals surface area contributed by atoms with E-state index in [1.54, 1.807) is 54.6 Å². The van der Waals surface area contributed by atoms with Gasteiger partial charge in [0.2, 0.25) is 11.8 Å². The molecule has 1 N–H and O–H groups in total. The van der Waals surface area contributed by atoms with Crippen LogP contribution >= 0.6 is 23.2 Å². The third-order valence-electron chi connectivity index (χ3n) is 7.73. The molecule has 3 aromatic rings. The summed E-state index contributed by atoms with van der Waals surface area (Å²) in [5.74, 6) is -0.355. The number of nitrogens with one attached hydrogen (secondary N) is 1. The molecule has 1 unspecified atom stereocenters. The standard InChI is InChI=1S/C32H37Cl2N3O5S/c1-4-30(32(39)35-23-8-5-6-9-23)36(20-27-28(33)10-7-11-29(27)34)31(38)21-37(24-14-12-22(2)13-15-24)43(40,41)26-18-16-25(42-3)17-19-26/h7,10-19,23,30H,4-6,8-9,20-21H2,1-3H3,(H,35,39). The second kappa shape index (κ2) is 14.5. The SMILES string of the molecule is CCC(C(=O)NC1CCCC1)N(Cc1c(Cl)cccc1Cl)C(=O)CN(c1ccc(C)cc1)S(=O)(=O)c1ccc(OC)cc1. The van der Waals surface area contributed by atoms with E-state index in [1.807, 2.05) is 13.8 Å². The van der Waals surface area contributed by atoms with Crippen LogP contribution in [0.1, 0.15) is 50.2 Å². The van der Waals surface area contributed by atoms with Crippen LogP contribution in [0.15, 0.2) is 71.6 Å². The number of nitrogens with zero attached hydrogens (tertiary/aromatic N) is 2. The van der Waals surface area contributed by atoms with Crippen molar-refractivity contribution in [3.8, 4) is 5.75 Å².